The Morgan fingerprint density at radius 1 is 1.37 bits per heavy atom. The molecular formula is C17H18ClF4N3O5. The Kier molecular flexibility index (Phi) is 8.41. The van der Waals surface area contributed by atoms with Gasteiger partial charge in [-0.2, -0.15) is 18.7 Å². The van der Waals surface area contributed by atoms with Gasteiger partial charge in [-0.05, 0) is 12.1 Å². The molecule has 0 bridgehead atoms. The predicted octanol–water partition coefficient (Wildman–Crippen LogP) is 2.15. The first-order valence-electron chi connectivity index (χ1n) is 8.54. The van der Waals surface area contributed by atoms with Crippen LogP contribution in [0, 0.1) is 5.82 Å². The molecule has 1 aliphatic heterocycles. The molecule has 2 unspecified atom stereocenters. The Bertz CT molecular complexity index is 793. The molecule has 166 valence electrons. The van der Waals surface area contributed by atoms with Gasteiger partial charge in [-0.1, -0.05) is 18.2 Å². The molecule has 1 aromatic rings. The topological polar surface area (TPSA) is 97.9 Å². The summed E-state index contributed by atoms with van der Waals surface area (Å²) in [6.45, 7) is 3.15. The SMILES string of the molecule is C=C(CCNC(=O)C1CC(C(F)(F)F)NOO1)NC(=O)COc1ccc(Cl)c(F)c1. The van der Waals surface area contributed by atoms with E-state index < -0.39 is 49.0 Å². The number of amides is 2. The zero-order valence-electron chi connectivity index (χ0n) is 15.4. The molecule has 0 aliphatic carbocycles. The van der Waals surface area contributed by atoms with Crippen LogP contribution in [0.25, 0.3) is 0 Å². The largest absolute Gasteiger partial charge is 0.484 e. The molecule has 1 saturated heterocycles. The van der Waals surface area contributed by atoms with Crippen molar-refractivity contribution < 1.29 is 41.8 Å². The van der Waals surface area contributed by atoms with Crippen LogP contribution in [0.15, 0.2) is 30.5 Å². The van der Waals surface area contributed by atoms with E-state index in [0.29, 0.717) is 0 Å². The van der Waals surface area contributed by atoms with E-state index in [0.717, 1.165) is 6.07 Å². The van der Waals surface area contributed by atoms with Crippen LogP contribution in [-0.4, -0.2) is 43.3 Å². The minimum Gasteiger partial charge on any atom is -0.484 e. The second-order valence-corrected chi connectivity index (χ2v) is 6.58. The van der Waals surface area contributed by atoms with Gasteiger partial charge in [-0.15, -0.1) is 4.99 Å². The van der Waals surface area contributed by atoms with Crippen molar-refractivity contribution in [1.82, 2.24) is 16.1 Å². The van der Waals surface area contributed by atoms with Crippen molar-refractivity contribution in [3.05, 3.63) is 41.3 Å². The van der Waals surface area contributed by atoms with E-state index in [9.17, 15) is 27.2 Å². The summed E-state index contributed by atoms with van der Waals surface area (Å²) < 4.78 is 56.4. The maximum atomic E-state index is 13.3. The van der Waals surface area contributed by atoms with Crippen molar-refractivity contribution >= 4 is 23.4 Å². The lowest BCUT2D eigenvalue weighted by Gasteiger charge is -2.29. The molecule has 30 heavy (non-hydrogen) atoms. The molecule has 2 amide bonds. The number of carbonyl (C=O) groups excluding carboxylic acids is 2. The van der Waals surface area contributed by atoms with Gasteiger partial charge in [-0.3, -0.25) is 9.59 Å². The van der Waals surface area contributed by atoms with E-state index in [2.05, 4.69) is 27.1 Å². The number of benzene rings is 1. The highest BCUT2D eigenvalue weighted by molar-refractivity contribution is 6.30. The minimum absolute atomic E-state index is 0.0226. The molecule has 13 heteroatoms. The first kappa shape index (κ1) is 23.9. The summed E-state index contributed by atoms with van der Waals surface area (Å²) in [5.41, 5.74) is 1.87. The molecular weight excluding hydrogens is 438 g/mol. The summed E-state index contributed by atoms with van der Waals surface area (Å²) in [5, 5.41) is 4.69. The molecule has 1 fully saturated rings. The van der Waals surface area contributed by atoms with Gasteiger partial charge in [0.1, 0.15) is 17.6 Å². The number of hydroxylamine groups is 1. The van der Waals surface area contributed by atoms with E-state index in [1.807, 2.05) is 0 Å². The number of hydrogen-bond acceptors (Lipinski definition) is 6. The molecule has 2 rings (SSSR count). The van der Waals surface area contributed by atoms with Crippen LogP contribution >= 0.6 is 11.6 Å². The van der Waals surface area contributed by atoms with Gasteiger partial charge in [0.05, 0.1) is 5.02 Å². The monoisotopic (exact) mass is 455 g/mol. The van der Waals surface area contributed by atoms with Crippen molar-refractivity contribution in [3.8, 4) is 5.75 Å². The number of ether oxygens (including phenoxy) is 1. The van der Waals surface area contributed by atoms with Crippen molar-refractivity contribution in [2.45, 2.75) is 31.2 Å². The first-order chi connectivity index (χ1) is 14.1. The maximum absolute atomic E-state index is 13.3. The lowest BCUT2D eigenvalue weighted by atomic mass is 10.1. The Labute approximate surface area is 173 Å². The summed E-state index contributed by atoms with van der Waals surface area (Å²) in [5.74, 6) is -1.98. The molecule has 8 nitrogen and oxygen atoms in total. The van der Waals surface area contributed by atoms with Gasteiger partial charge in [0.2, 0.25) is 0 Å². The summed E-state index contributed by atoms with van der Waals surface area (Å²) >= 11 is 5.54. The van der Waals surface area contributed by atoms with Crippen LogP contribution in [-0.2, 0) is 19.5 Å². The van der Waals surface area contributed by atoms with Crippen LogP contribution in [0.1, 0.15) is 12.8 Å². The highest BCUT2D eigenvalue weighted by Crippen LogP contribution is 2.26. The number of rotatable bonds is 8. The smallest absolute Gasteiger partial charge is 0.406 e. The van der Waals surface area contributed by atoms with Crippen molar-refractivity contribution in [2.24, 2.45) is 0 Å². The zero-order valence-corrected chi connectivity index (χ0v) is 16.1. The number of halogens is 5. The van der Waals surface area contributed by atoms with Gasteiger partial charge in [-0.25, -0.2) is 9.28 Å². The van der Waals surface area contributed by atoms with E-state index in [1.165, 1.54) is 12.1 Å². The normalized spacial score (nSPS) is 19.1. The van der Waals surface area contributed by atoms with Gasteiger partial charge < -0.3 is 15.4 Å². The lowest BCUT2D eigenvalue weighted by molar-refractivity contribution is -0.401. The average Bonchev–Trinajstić information content (AvgIpc) is 2.68. The summed E-state index contributed by atoms with van der Waals surface area (Å²) in [4.78, 5) is 32.4. The Morgan fingerprint density at radius 3 is 2.77 bits per heavy atom. The van der Waals surface area contributed by atoms with Crippen LogP contribution < -0.4 is 20.9 Å². The first-order valence-corrected chi connectivity index (χ1v) is 8.92. The number of alkyl halides is 3. The summed E-state index contributed by atoms with van der Waals surface area (Å²) in [6, 6.07) is 1.65. The van der Waals surface area contributed by atoms with Gasteiger partial charge in [0.15, 0.2) is 12.7 Å². The van der Waals surface area contributed by atoms with Crippen LogP contribution in [0.3, 0.4) is 0 Å². The van der Waals surface area contributed by atoms with Crippen molar-refractivity contribution in [2.75, 3.05) is 13.2 Å². The van der Waals surface area contributed by atoms with Crippen LogP contribution in [0.2, 0.25) is 5.02 Å². The molecule has 0 radical (unpaired) electrons. The highest BCUT2D eigenvalue weighted by atomic mass is 35.5. The Balaban J connectivity index is 1.67. The van der Waals surface area contributed by atoms with Crippen LogP contribution in [0.5, 0.6) is 5.75 Å². The van der Waals surface area contributed by atoms with Crippen molar-refractivity contribution in [3.63, 3.8) is 0 Å². The molecule has 3 N–H and O–H groups in total. The highest BCUT2D eigenvalue weighted by Gasteiger charge is 2.45. The van der Waals surface area contributed by atoms with Gasteiger partial charge in [0.25, 0.3) is 11.8 Å². The molecule has 1 aromatic carbocycles. The average molecular weight is 456 g/mol. The Hall–Kier alpha value is -2.41. The van der Waals surface area contributed by atoms with Gasteiger partial charge in [0, 0.05) is 31.1 Å². The van der Waals surface area contributed by atoms with E-state index >= 15 is 0 Å². The summed E-state index contributed by atoms with van der Waals surface area (Å²) in [6.07, 6.45) is -6.60. The fourth-order valence-corrected chi connectivity index (χ4v) is 2.38. The molecule has 0 aromatic heterocycles. The van der Waals surface area contributed by atoms with E-state index in [1.54, 1.807) is 5.48 Å². The molecule has 2 atom stereocenters. The quantitative estimate of drug-likeness (QED) is 0.410. The predicted molar refractivity (Wildman–Crippen MR) is 95.4 cm³/mol. The molecule has 1 aliphatic rings. The second kappa shape index (κ2) is 10.6. The fraction of sp³-hybridized carbons (Fsp3) is 0.412. The minimum atomic E-state index is -4.60. The number of nitrogens with one attached hydrogen (secondary N) is 3. The van der Waals surface area contributed by atoms with Crippen LogP contribution in [0.4, 0.5) is 17.6 Å². The second-order valence-electron chi connectivity index (χ2n) is 6.17. The van der Waals surface area contributed by atoms with Gasteiger partial charge >= 0.3 is 6.18 Å². The van der Waals surface area contributed by atoms with E-state index in [-0.39, 0.29) is 29.4 Å². The fourth-order valence-electron chi connectivity index (χ4n) is 2.26. The van der Waals surface area contributed by atoms with E-state index in [4.69, 9.17) is 16.3 Å². The molecule has 1 heterocycles. The third-order valence-corrected chi connectivity index (χ3v) is 4.10. The molecule has 0 saturated carbocycles. The number of carbonyl (C=O) groups is 2. The molecule has 0 spiro atoms. The summed E-state index contributed by atoms with van der Waals surface area (Å²) in [7, 11) is 0. The third kappa shape index (κ3) is 7.44. The lowest BCUT2D eigenvalue weighted by Crippen LogP contribution is -2.53. The zero-order chi connectivity index (χ0) is 22.3. The Morgan fingerprint density at radius 2 is 2.10 bits per heavy atom. The number of hydrogen-bond donors (Lipinski definition) is 3. The standard InChI is InChI=1S/C17H18ClF4N3O5/c1-9(24-15(26)8-28-10-2-3-11(18)12(19)6-10)4-5-23-16(27)13-7-14(17(20,21)22)25-30-29-13/h2-3,6,13-14,25H,1,4-5,7-8H2,(H,23,27)(H,24,26). The third-order valence-electron chi connectivity index (χ3n) is 3.80. The maximum Gasteiger partial charge on any atom is 0.406 e. The van der Waals surface area contributed by atoms with Crippen molar-refractivity contribution in [1.29, 1.82) is 0 Å².